The van der Waals surface area contributed by atoms with Crippen LogP contribution in [-0.2, 0) is 0 Å². The van der Waals surface area contributed by atoms with Crippen LogP contribution in [0.5, 0.6) is 0 Å². The molecular formula is C13H5Cl2N5O4. The van der Waals surface area contributed by atoms with Crippen LogP contribution in [0.4, 0.5) is 5.82 Å². The summed E-state index contributed by atoms with van der Waals surface area (Å²) in [5, 5.41) is 9.61. The number of imide groups is 1. The number of halogens is 2. The summed E-state index contributed by atoms with van der Waals surface area (Å²) in [5.41, 5.74) is 5.39. The van der Waals surface area contributed by atoms with E-state index in [4.69, 9.17) is 28.9 Å². The third-order valence-corrected chi connectivity index (χ3v) is 4.17. The zero-order valence-electron chi connectivity index (χ0n) is 11.5. The molecule has 0 fully saturated rings. The fraction of sp³-hybridized carbons (Fsp3) is 0. The van der Waals surface area contributed by atoms with Crippen molar-refractivity contribution < 1.29 is 14.2 Å². The number of nitrogens with zero attached hydrogens (tertiary/aromatic N) is 3. The average Bonchev–Trinajstić information content (AvgIpc) is 3.08. The Morgan fingerprint density at radius 3 is 2.50 bits per heavy atom. The van der Waals surface area contributed by atoms with Crippen molar-refractivity contribution in [2.75, 3.05) is 5.73 Å². The fourth-order valence-electron chi connectivity index (χ4n) is 2.58. The van der Waals surface area contributed by atoms with E-state index in [1.165, 1.54) is 6.07 Å². The van der Waals surface area contributed by atoms with Gasteiger partial charge >= 0.3 is 0 Å². The molecule has 0 saturated heterocycles. The maximum absolute atomic E-state index is 12.5. The van der Waals surface area contributed by atoms with Gasteiger partial charge in [0.05, 0.1) is 21.2 Å². The van der Waals surface area contributed by atoms with Crippen LogP contribution >= 0.6 is 23.2 Å². The Kier molecular flexibility index (Phi) is 2.93. The highest BCUT2D eigenvalue weighted by atomic mass is 35.5. The lowest BCUT2D eigenvalue weighted by Gasteiger charge is -2.13. The van der Waals surface area contributed by atoms with Gasteiger partial charge in [-0.25, -0.2) is 4.63 Å². The van der Waals surface area contributed by atoms with Gasteiger partial charge < -0.3 is 5.73 Å². The van der Waals surface area contributed by atoms with Crippen molar-refractivity contribution >= 4 is 51.9 Å². The first-order valence-electron chi connectivity index (χ1n) is 6.42. The maximum Gasteiger partial charge on any atom is 0.262 e. The lowest BCUT2D eigenvalue weighted by Crippen LogP contribution is -2.24. The molecular weight excluding hydrogens is 361 g/mol. The topological polar surface area (TPSA) is 133 Å². The quantitative estimate of drug-likeness (QED) is 0.617. The summed E-state index contributed by atoms with van der Waals surface area (Å²) >= 11 is 12.2. The summed E-state index contributed by atoms with van der Waals surface area (Å²) in [5.74, 6) is -1.66. The van der Waals surface area contributed by atoms with Gasteiger partial charge in [-0.1, -0.05) is 23.2 Å². The number of nitrogen functional groups attached to an aromatic ring is 1. The van der Waals surface area contributed by atoms with Gasteiger partial charge in [0.2, 0.25) is 0 Å². The van der Waals surface area contributed by atoms with Gasteiger partial charge in [-0.2, -0.15) is 0 Å². The second-order valence-corrected chi connectivity index (χ2v) is 5.74. The molecule has 0 unspecified atom stereocenters. The number of nitrogens with two attached hydrogens (primary N) is 1. The minimum atomic E-state index is -0.708. The molecule has 1 aromatic carbocycles. The number of nitrogens with one attached hydrogen (secondary N) is 1. The average molecular weight is 366 g/mol. The van der Waals surface area contributed by atoms with Crippen LogP contribution in [0.2, 0.25) is 10.0 Å². The predicted octanol–water partition coefficient (Wildman–Crippen LogP) is 1.15. The monoisotopic (exact) mass is 365 g/mol. The Balaban J connectivity index is 2.16. The van der Waals surface area contributed by atoms with Gasteiger partial charge in [0.25, 0.3) is 17.4 Å². The normalized spacial score (nSPS) is 13.4. The first-order valence-corrected chi connectivity index (χ1v) is 7.17. The van der Waals surface area contributed by atoms with E-state index in [9.17, 15) is 14.4 Å². The molecule has 0 aliphatic carbocycles. The molecule has 3 aromatic rings. The Labute approximate surface area is 141 Å². The molecule has 120 valence electrons. The van der Waals surface area contributed by atoms with Crippen LogP contribution in [0.1, 0.15) is 20.7 Å². The lowest BCUT2D eigenvalue weighted by atomic mass is 10.1. The van der Waals surface area contributed by atoms with E-state index in [1.807, 2.05) is 0 Å². The van der Waals surface area contributed by atoms with E-state index in [2.05, 4.69) is 20.3 Å². The first-order chi connectivity index (χ1) is 11.4. The molecule has 11 heteroatoms. The molecule has 3 N–H and O–H groups in total. The molecule has 3 heterocycles. The van der Waals surface area contributed by atoms with Crippen molar-refractivity contribution in [3.05, 3.63) is 43.7 Å². The van der Waals surface area contributed by atoms with E-state index in [-0.39, 0.29) is 43.7 Å². The molecule has 1 aliphatic rings. The van der Waals surface area contributed by atoms with Crippen molar-refractivity contribution in [3.63, 3.8) is 0 Å². The number of pyridine rings is 1. The highest BCUT2D eigenvalue weighted by Crippen LogP contribution is 2.34. The third-order valence-electron chi connectivity index (χ3n) is 3.60. The first kappa shape index (κ1) is 14.7. The molecule has 24 heavy (non-hydrogen) atoms. The standard InChI is InChI=1S/C13H5Cl2N5O4/c14-4-2-5(15)10(9-8(4)18-24-19-9)20-6(21)1-3-7(11(20)16)13(23)17-12(3)22/h1-2H,16H2,(H,17,22,23). The summed E-state index contributed by atoms with van der Waals surface area (Å²) in [6.07, 6.45) is 0. The number of amides is 2. The Morgan fingerprint density at radius 1 is 1.04 bits per heavy atom. The summed E-state index contributed by atoms with van der Waals surface area (Å²) < 4.78 is 5.60. The van der Waals surface area contributed by atoms with E-state index in [0.717, 1.165) is 10.6 Å². The number of anilines is 1. The molecule has 0 spiro atoms. The molecule has 2 amide bonds. The summed E-state index contributed by atoms with van der Waals surface area (Å²) in [4.78, 5) is 36.1. The number of benzene rings is 1. The van der Waals surface area contributed by atoms with E-state index in [0.29, 0.717) is 0 Å². The summed E-state index contributed by atoms with van der Waals surface area (Å²) in [7, 11) is 0. The molecule has 9 nitrogen and oxygen atoms in total. The van der Waals surface area contributed by atoms with Crippen molar-refractivity contribution in [2.24, 2.45) is 0 Å². The Morgan fingerprint density at radius 2 is 1.75 bits per heavy atom. The molecule has 2 aromatic heterocycles. The van der Waals surface area contributed by atoms with Crippen LogP contribution in [0.15, 0.2) is 21.6 Å². The molecule has 0 saturated carbocycles. The number of carbonyl (C=O) groups excluding carboxylic acids is 2. The smallest absolute Gasteiger partial charge is 0.262 e. The minimum absolute atomic E-state index is 0.0432. The van der Waals surface area contributed by atoms with Crippen LogP contribution < -0.4 is 16.6 Å². The predicted molar refractivity (Wildman–Crippen MR) is 83.6 cm³/mol. The minimum Gasteiger partial charge on any atom is -0.384 e. The van der Waals surface area contributed by atoms with Gasteiger partial charge in [0, 0.05) is 6.07 Å². The number of fused-ring (bicyclic) bond motifs is 2. The Hall–Kier alpha value is -2.91. The number of rotatable bonds is 1. The zero-order valence-corrected chi connectivity index (χ0v) is 13.0. The van der Waals surface area contributed by atoms with E-state index < -0.39 is 17.4 Å². The van der Waals surface area contributed by atoms with Crippen LogP contribution in [-0.4, -0.2) is 26.7 Å². The molecule has 0 radical (unpaired) electrons. The second-order valence-electron chi connectivity index (χ2n) is 4.93. The van der Waals surface area contributed by atoms with Gasteiger partial charge in [-0.3, -0.25) is 24.3 Å². The van der Waals surface area contributed by atoms with Crippen LogP contribution in [0, 0.1) is 0 Å². The summed E-state index contributed by atoms with van der Waals surface area (Å²) in [6, 6.07) is 2.34. The third kappa shape index (κ3) is 1.79. The molecule has 0 bridgehead atoms. The van der Waals surface area contributed by atoms with Gasteiger partial charge in [0.15, 0.2) is 11.0 Å². The summed E-state index contributed by atoms with van der Waals surface area (Å²) in [6.45, 7) is 0. The van der Waals surface area contributed by atoms with Crippen molar-refractivity contribution in [1.29, 1.82) is 0 Å². The van der Waals surface area contributed by atoms with E-state index in [1.54, 1.807) is 0 Å². The molecule has 1 aliphatic heterocycles. The second kappa shape index (κ2) is 4.79. The van der Waals surface area contributed by atoms with Gasteiger partial charge in [-0.15, -0.1) is 0 Å². The Bertz CT molecular complexity index is 1130. The number of hydrogen-bond acceptors (Lipinski definition) is 7. The number of hydrogen-bond donors (Lipinski definition) is 2. The van der Waals surface area contributed by atoms with Crippen molar-refractivity contribution in [1.82, 2.24) is 20.2 Å². The lowest BCUT2D eigenvalue weighted by molar-refractivity contribution is 0.0880. The van der Waals surface area contributed by atoms with Gasteiger partial charge in [-0.05, 0) is 16.4 Å². The van der Waals surface area contributed by atoms with Crippen molar-refractivity contribution in [2.45, 2.75) is 0 Å². The van der Waals surface area contributed by atoms with Gasteiger partial charge in [0.1, 0.15) is 11.5 Å². The molecule has 0 atom stereocenters. The maximum atomic E-state index is 12.5. The van der Waals surface area contributed by atoms with Crippen molar-refractivity contribution in [3.8, 4) is 5.69 Å². The number of aromatic nitrogens is 3. The largest absolute Gasteiger partial charge is 0.384 e. The van der Waals surface area contributed by atoms with E-state index >= 15 is 0 Å². The molecule has 4 rings (SSSR count). The zero-order chi connectivity index (χ0) is 17.2. The number of carbonyl (C=O) groups is 2. The highest BCUT2D eigenvalue weighted by molar-refractivity contribution is 6.39. The fourth-order valence-corrected chi connectivity index (χ4v) is 3.16. The highest BCUT2D eigenvalue weighted by Gasteiger charge is 2.33. The van der Waals surface area contributed by atoms with Crippen LogP contribution in [0.25, 0.3) is 16.7 Å². The SMILES string of the molecule is Nc1c2c(cc(=O)n1-c1c(Cl)cc(Cl)c3nonc13)C(=O)NC2=O. The van der Waals surface area contributed by atoms with Crippen LogP contribution in [0.3, 0.4) is 0 Å².